The van der Waals surface area contributed by atoms with E-state index in [0.717, 1.165) is 22.3 Å². The number of benzene rings is 3. The van der Waals surface area contributed by atoms with Gasteiger partial charge in [-0.3, -0.25) is 9.59 Å². The van der Waals surface area contributed by atoms with E-state index in [1.807, 2.05) is 48.5 Å². The predicted molar refractivity (Wildman–Crippen MR) is 119 cm³/mol. The normalized spacial score (nSPS) is 14.4. The minimum Gasteiger partial charge on any atom is -0.481 e. The number of aliphatic carboxylic acids is 1. The molecule has 3 aromatic rings. The van der Waals surface area contributed by atoms with Gasteiger partial charge in [0.15, 0.2) is 5.92 Å². The van der Waals surface area contributed by atoms with E-state index in [9.17, 15) is 14.7 Å². The van der Waals surface area contributed by atoms with E-state index in [4.69, 9.17) is 33.7 Å². The van der Waals surface area contributed by atoms with Crippen LogP contribution in [-0.4, -0.2) is 23.7 Å². The minimum atomic E-state index is -1.60. The minimum absolute atomic E-state index is 0.0136. The van der Waals surface area contributed by atoms with Crippen molar-refractivity contribution in [1.82, 2.24) is 0 Å². The van der Waals surface area contributed by atoms with Gasteiger partial charge in [0.2, 0.25) is 0 Å². The van der Waals surface area contributed by atoms with E-state index in [1.54, 1.807) is 0 Å². The third-order valence-corrected chi connectivity index (χ3v) is 5.94. The van der Waals surface area contributed by atoms with E-state index in [-0.39, 0.29) is 12.5 Å². The van der Waals surface area contributed by atoms with E-state index in [0.29, 0.717) is 15.6 Å². The maximum Gasteiger partial charge on any atom is 0.322 e. The molecule has 2 atom stereocenters. The average Bonchev–Trinajstić information content (AvgIpc) is 3.05. The van der Waals surface area contributed by atoms with Gasteiger partial charge in [-0.2, -0.15) is 0 Å². The molecule has 3 N–H and O–H groups in total. The van der Waals surface area contributed by atoms with Gasteiger partial charge < -0.3 is 15.6 Å². The average molecular weight is 456 g/mol. The molecule has 0 aliphatic heterocycles. The van der Waals surface area contributed by atoms with Crippen molar-refractivity contribution >= 4 is 35.1 Å². The molecule has 0 heterocycles. The Hall–Kier alpha value is -2.86. The number of carbonyl (C=O) groups is 2. The van der Waals surface area contributed by atoms with Gasteiger partial charge in [-0.15, -0.1) is 0 Å². The Labute approximate surface area is 189 Å². The van der Waals surface area contributed by atoms with Gasteiger partial charge in [-0.1, -0.05) is 71.7 Å². The monoisotopic (exact) mass is 455 g/mol. The van der Waals surface area contributed by atoms with Gasteiger partial charge in [0.25, 0.3) is 0 Å². The van der Waals surface area contributed by atoms with Crippen LogP contribution in [-0.2, 0) is 14.3 Å². The lowest BCUT2D eigenvalue weighted by atomic mass is 9.93. The van der Waals surface area contributed by atoms with Crippen molar-refractivity contribution in [2.45, 2.75) is 12.0 Å². The van der Waals surface area contributed by atoms with E-state index in [2.05, 4.69) is 0 Å². The molecule has 0 spiro atoms. The summed E-state index contributed by atoms with van der Waals surface area (Å²) in [6.07, 6.45) is 0. The predicted octanol–water partition coefficient (Wildman–Crippen LogP) is 5.05. The number of halogens is 2. The zero-order chi connectivity index (χ0) is 22.1. The van der Waals surface area contributed by atoms with Gasteiger partial charge in [0, 0.05) is 16.0 Å². The third kappa shape index (κ3) is 4.17. The number of rotatable bonds is 6. The highest BCUT2D eigenvalue weighted by atomic mass is 35.5. The molecule has 31 heavy (non-hydrogen) atoms. The maximum absolute atomic E-state index is 12.8. The van der Waals surface area contributed by atoms with E-state index >= 15 is 0 Å². The number of fused-ring (bicyclic) bond motifs is 3. The lowest BCUT2D eigenvalue weighted by Gasteiger charge is -2.21. The summed E-state index contributed by atoms with van der Waals surface area (Å²) in [5.41, 5.74) is 10.7. The second kappa shape index (κ2) is 8.71. The summed E-state index contributed by atoms with van der Waals surface area (Å²) in [4.78, 5) is 24.7. The van der Waals surface area contributed by atoms with Crippen molar-refractivity contribution in [3.63, 3.8) is 0 Å². The van der Waals surface area contributed by atoms with Gasteiger partial charge in [-0.25, -0.2) is 0 Å². The Morgan fingerprint density at radius 3 is 1.97 bits per heavy atom. The number of ether oxygens (including phenoxy) is 1. The summed E-state index contributed by atoms with van der Waals surface area (Å²) < 4.78 is 5.50. The van der Waals surface area contributed by atoms with Crippen LogP contribution in [0.25, 0.3) is 11.1 Å². The van der Waals surface area contributed by atoms with E-state index in [1.165, 1.54) is 18.2 Å². The Bertz CT molecular complexity index is 1100. The smallest absolute Gasteiger partial charge is 0.322 e. The molecule has 4 rings (SSSR count). The topological polar surface area (TPSA) is 89.6 Å². The fourth-order valence-electron chi connectivity index (χ4n) is 4.06. The maximum atomic E-state index is 12.8. The van der Waals surface area contributed by atoms with Gasteiger partial charge in [0.1, 0.15) is 6.61 Å². The molecule has 7 heteroatoms. The molecule has 3 aromatic carbocycles. The summed E-state index contributed by atoms with van der Waals surface area (Å²) in [5, 5.41) is 10.3. The molecule has 0 bridgehead atoms. The molecular weight excluding hydrogens is 437 g/mol. The molecule has 5 nitrogen and oxygen atoms in total. The van der Waals surface area contributed by atoms with Crippen LogP contribution in [0.1, 0.15) is 28.7 Å². The molecule has 0 radical (unpaired) electrons. The SMILES string of the molecule is NC(c1cc(Cl)cc(Cl)c1)C(C(=O)O)C(=O)OCC1c2ccccc2-c2ccccc21. The van der Waals surface area contributed by atoms with Crippen molar-refractivity contribution in [1.29, 1.82) is 0 Å². The summed E-state index contributed by atoms with van der Waals surface area (Å²) in [5.74, 6) is -4.05. The molecule has 0 saturated carbocycles. The number of esters is 1. The first-order valence-electron chi connectivity index (χ1n) is 9.66. The van der Waals surface area contributed by atoms with Crippen LogP contribution in [0.15, 0.2) is 66.7 Å². The summed E-state index contributed by atoms with van der Waals surface area (Å²) >= 11 is 12.0. The summed E-state index contributed by atoms with van der Waals surface area (Å²) in [7, 11) is 0. The van der Waals surface area contributed by atoms with Crippen molar-refractivity contribution in [3.8, 4) is 11.1 Å². The largest absolute Gasteiger partial charge is 0.481 e. The van der Waals surface area contributed by atoms with Crippen molar-refractivity contribution in [2.24, 2.45) is 11.7 Å². The Kier molecular flexibility index (Phi) is 6.01. The van der Waals surface area contributed by atoms with Crippen LogP contribution >= 0.6 is 23.2 Å². The Morgan fingerprint density at radius 1 is 0.935 bits per heavy atom. The van der Waals surface area contributed by atoms with Crippen molar-refractivity contribution in [2.75, 3.05) is 6.61 Å². The zero-order valence-corrected chi connectivity index (χ0v) is 17.8. The van der Waals surface area contributed by atoms with Crippen LogP contribution in [0.5, 0.6) is 0 Å². The molecule has 0 saturated heterocycles. The highest BCUT2D eigenvalue weighted by Gasteiger charge is 2.37. The first-order valence-corrected chi connectivity index (χ1v) is 10.4. The summed E-state index contributed by atoms with van der Waals surface area (Å²) in [6.45, 7) is 0.0136. The molecule has 158 valence electrons. The fraction of sp³-hybridized carbons (Fsp3) is 0.167. The number of carboxylic acids is 1. The second-order valence-corrected chi connectivity index (χ2v) is 8.27. The third-order valence-electron chi connectivity index (χ3n) is 5.50. The van der Waals surface area contributed by atoms with Crippen molar-refractivity contribution < 1.29 is 19.4 Å². The molecule has 0 aromatic heterocycles. The van der Waals surface area contributed by atoms with Crippen LogP contribution in [0.2, 0.25) is 10.0 Å². The molecule has 1 aliphatic rings. The van der Waals surface area contributed by atoms with Crippen LogP contribution in [0.4, 0.5) is 0 Å². The van der Waals surface area contributed by atoms with Gasteiger partial charge >= 0.3 is 11.9 Å². The molecule has 2 unspecified atom stereocenters. The van der Waals surface area contributed by atoms with Crippen LogP contribution in [0.3, 0.4) is 0 Å². The highest BCUT2D eigenvalue weighted by Crippen LogP contribution is 2.44. The first-order chi connectivity index (χ1) is 14.9. The molecule has 1 aliphatic carbocycles. The van der Waals surface area contributed by atoms with E-state index < -0.39 is 23.9 Å². The number of nitrogens with two attached hydrogens (primary N) is 1. The number of hydrogen-bond donors (Lipinski definition) is 2. The number of carbonyl (C=O) groups excluding carboxylic acids is 1. The lowest BCUT2D eigenvalue weighted by molar-refractivity contribution is -0.160. The zero-order valence-electron chi connectivity index (χ0n) is 16.3. The summed E-state index contributed by atoms with van der Waals surface area (Å²) in [6, 6.07) is 19.1. The second-order valence-electron chi connectivity index (χ2n) is 7.40. The number of carboxylic acid groups (broad SMARTS) is 1. The quantitative estimate of drug-likeness (QED) is 0.400. The van der Waals surface area contributed by atoms with Crippen LogP contribution < -0.4 is 5.73 Å². The van der Waals surface area contributed by atoms with Gasteiger partial charge in [0.05, 0.1) is 6.04 Å². The molecular formula is C24H19Cl2NO4. The van der Waals surface area contributed by atoms with Gasteiger partial charge in [-0.05, 0) is 46.0 Å². The molecule has 0 amide bonds. The molecule has 0 fully saturated rings. The first kappa shape index (κ1) is 21.4. The lowest BCUT2D eigenvalue weighted by Crippen LogP contribution is -2.36. The fourth-order valence-corrected chi connectivity index (χ4v) is 4.60. The Balaban J connectivity index is 1.56. The highest BCUT2D eigenvalue weighted by molar-refractivity contribution is 6.34. The van der Waals surface area contributed by atoms with Crippen LogP contribution in [0, 0.1) is 5.92 Å². The number of hydrogen-bond acceptors (Lipinski definition) is 4. The standard InChI is InChI=1S/C24H19Cl2NO4/c25-14-9-13(10-15(26)11-14)22(27)21(23(28)29)24(30)31-12-20-18-7-3-1-5-16(18)17-6-2-4-8-19(17)20/h1-11,20-22H,12,27H2,(H,28,29). The Morgan fingerprint density at radius 2 is 1.45 bits per heavy atom. The van der Waals surface area contributed by atoms with Crippen molar-refractivity contribution in [3.05, 3.63) is 93.5 Å².